The van der Waals surface area contributed by atoms with Crippen molar-refractivity contribution in [3.63, 3.8) is 0 Å². The Bertz CT molecular complexity index is 318. The van der Waals surface area contributed by atoms with Crippen LogP contribution in [0.25, 0.3) is 0 Å². The Balaban J connectivity index is 3.18. The molecule has 1 aromatic rings. The van der Waals surface area contributed by atoms with Crippen LogP contribution in [-0.2, 0) is 12.1 Å². The van der Waals surface area contributed by atoms with E-state index in [9.17, 15) is 9.50 Å². The van der Waals surface area contributed by atoms with Gasteiger partial charge in [-0.1, -0.05) is 32.0 Å². The second kappa shape index (κ2) is 4.09. The maximum atomic E-state index is 12.5. The molecule has 1 nitrogen and oxygen atoms in total. The number of benzene rings is 1. The summed E-state index contributed by atoms with van der Waals surface area (Å²) in [5.74, 6) is 0. The van der Waals surface area contributed by atoms with Gasteiger partial charge in [0, 0.05) is 5.41 Å². The number of rotatable bonds is 3. The van der Waals surface area contributed by atoms with E-state index in [0.717, 1.165) is 11.1 Å². The molecule has 0 fully saturated rings. The molecule has 0 bridgehead atoms. The summed E-state index contributed by atoms with van der Waals surface area (Å²) < 4.78 is 12.5. The topological polar surface area (TPSA) is 20.2 Å². The van der Waals surface area contributed by atoms with Crippen LogP contribution in [0, 0.1) is 6.92 Å². The van der Waals surface area contributed by atoms with Gasteiger partial charge in [0.05, 0.1) is 6.61 Å². The van der Waals surface area contributed by atoms with Gasteiger partial charge in [-0.3, -0.25) is 0 Å². The van der Waals surface area contributed by atoms with E-state index in [1.54, 1.807) is 6.07 Å². The van der Waals surface area contributed by atoms with Crippen LogP contribution in [0.4, 0.5) is 4.39 Å². The van der Waals surface area contributed by atoms with Crippen LogP contribution in [0.1, 0.15) is 30.5 Å². The molecular weight excluding hydrogens is 179 g/mol. The highest BCUT2D eigenvalue weighted by atomic mass is 19.1. The first-order valence-electron chi connectivity index (χ1n) is 4.78. The van der Waals surface area contributed by atoms with Gasteiger partial charge in [-0.2, -0.15) is 0 Å². The molecule has 0 saturated heterocycles. The lowest BCUT2D eigenvalue weighted by Gasteiger charge is -2.24. The van der Waals surface area contributed by atoms with Crippen molar-refractivity contribution in [2.45, 2.75) is 32.9 Å². The van der Waals surface area contributed by atoms with Crippen LogP contribution in [0.15, 0.2) is 18.2 Å². The highest BCUT2D eigenvalue weighted by Crippen LogP contribution is 2.26. The number of halogens is 1. The zero-order valence-electron chi connectivity index (χ0n) is 8.97. The summed E-state index contributed by atoms with van der Waals surface area (Å²) in [4.78, 5) is 0. The lowest BCUT2D eigenvalue weighted by Crippen LogP contribution is -2.23. The Labute approximate surface area is 84.6 Å². The predicted molar refractivity (Wildman–Crippen MR) is 56.1 cm³/mol. The first kappa shape index (κ1) is 11.2. The van der Waals surface area contributed by atoms with Crippen molar-refractivity contribution in [1.82, 2.24) is 0 Å². The van der Waals surface area contributed by atoms with E-state index in [4.69, 9.17) is 0 Å². The van der Waals surface area contributed by atoms with E-state index in [0.29, 0.717) is 5.56 Å². The molecular formula is C12H17FO. The average Bonchev–Trinajstić information content (AvgIpc) is 2.18. The minimum atomic E-state index is -0.450. The van der Waals surface area contributed by atoms with E-state index < -0.39 is 6.67 Å². The standard InChI is InChI=1S/C12H17FO/c1-9-4-5-10(7-13)6-11(9)12(2,3)8-14/h4-6,14H,7-8H2,1-3H3. The molecule has 0 saturated carbocycles. The first-order valence-corrected chi connectivity index (χ1v) is 4.78. The fraction of sp³-hybridized carbons (Fsp3) is 0.500. The Morgan fingerprint density at radius 2 is 2.00 bits per heavy atom. The largest absolute Gasteiger partial charge is 0.395 e. The van der Waals surface area contributed by atoms with Gasteiger partial charge in [0.1, 0.15) is 6.67 Å². The Morgan fingerprint density at radius 3 is 2.50 bits per heavy atom. The zero-order valence-corrected chi connectivity index (χ0v) is 8.97. The molecule has 78 valence electrons. The number of aliphatic hydroxyl groups excluding tert-OH is 1. The van der Waals surface area contributed by atoms with E-state index in [2.05, 4.69) is 0 Å². The monoisotopic (exact) mass is 196 g/mol. The Morgan fingerprint density at radius 1 is 1.36 bits per heavy atom. The van der Waals surface area contributed by atoms with Gasteiger partial charge in [-0.15, -0.1) is 0 Å². The molecule has 0 aliphatic carbocycles. The molecule has 1 rings (SSSR count). The van der Waals surface area contributed by atoms with Crippen LogP contribution in [-0.4, -0.2) is 11.7 Å². The van der Waals surface area contributed by atoms with Crippen molar-refractivity contribution < 1.29 is 9.50 Å². The SMILES string of the molecule is Cc1ccc(CF)cc1C(C)(C)CO. The normalized spacial score (nSPS) is 11.8. The third-order valence-corrected chi connectivity index (χ3v) is 2.58. The summed E-state index contributed by atoms with van der Waals surface area (Å²) in [5, 5.41) is 9.24. The van der Waals surface area contributed by atoms with Gasteiger partial charge in [-0.05, 0) is 23.6 Å². The van der Waals surface area contributed by atoms with Gasteiger partial charge in [0.2, 0.25) is 0 Å². The maximum absolute atomic E-state index is 12.5. The third-order valence-electron chi connectivity index (χ3n) is 2.58. The van der Waals surface area contributed by atoms with Crippen molar-refractivity contribution in [1.29, 1.82) is 0 Å². The minimum absolute atomic E-state index is 0.0730. The molecule has 0 aliphatic heterocycles. The van der Waals surface area contributed by atoms with Crippen molar-refractivity contribution in [2.24, 2.45) is 0 Å². The third kappa shape index (κ3) is 2.13. The molecule has 0 heterocycles. The summed E-state index contributed by atoms with van der Waals surface area (Å²) >= 11 is 0. The van der Waals surface area contributed by atoms with Gasteiger partial charge in [-0.25, -0.2) is 4.39 Å². The Kier molecular flexibility index (Phi) is 3.27. The highest BCUT2D eigenvalue weighted by molar-refractivity contribution is 5.36. The average molecular weight is 196 g/mol. The van der Waals surface area contributed by atoms with E-state index in [1.165, 1.54) is 0 Å². The summed E-state index contributed by atoms with van der Waals surface area (Å²) in [6, 6.07) is 5.53. The smallest absolute Gasteiger partial charge is 0.115 e. The Hall–Kier alpha value is -0.890. The van der Waals surface area contributed by atoms with Crippen molar-refractivity contribution in [3.8, 4) is 0 Å². The number of alkyl halides is 1. The van der Waals surface area contributed by atoms with Crippen molar-refractivity contribution >= 4 is 0 Å². The fourth-order valence-corrected chi connectivity index (χ4v) is 1.57. The quantitative estimate of drug-likeness (QED) is 0.788. The van der Waals surface area contributed by atoms with Gasteiger partial charge in [0.25, 0.3) is 0 Å². The summed E-state index contributed by atoms with van der Waals surface area (Å²) in [6.07, 6.45) is 0. The van der Waals surface area contributed by atoms with Gasteiger partial charge in [0.15, 0.2) is 0 Å². The summed E-state index contributed by atoms with van der Waals surface area (Å²) in [7, 11) is 0. The number of aryl methyl sites for hydroxylation is 1. The molecule has 0 amide bonds. The second-order valence-electron chi connectivity index (χ2n) is 4.32. The molecule has 0 atom stereocenters. The van der Waals surface area contributed by atoms with Crippen LogP contribution in [0.3, 0.4) is 0 Å². The maximum Gasteiger partial charge on any atom is 0.115 e. The fourth-order valence-electron chi connectivity index (χ4n) is 1.57. The summed E-state index contributed by atoms with van der Waals surface area (Å²) in [6.45, 7) is 5.52. The van der Waals surface area contributed by atoms with Crippen LogP contribution >= 0.6 is 0 Å². The molecule has 1 aromatic carbocycles. The molecule has 0 aromatic heterocycles. The zero-order chi connectivity index (χ0) is 10.8. The van der Waals surface area contributed by atoms with Gasteiger partial charge >= 0.3 is 0 Å². The minimum Gasteiger partial charge on any atom is -0.395 e. The second-order valence-corrected chi connectivity index (χ2v) is 4.32. The molecule has 14 heavy (non-hydrogen) atoms. The highest BCUT2D eigenvalue weighted by Gasteiger charge is 2.21. The van der Waals surface area contributed by atoms with Crippen LogP contribution in [0.5, 0.6) is 0 Å². The van der Waals surface area contributed by atoms with E-state index in [-0.39, 0.29) is 12.0 Å². The molecule has 0 aliphatic rings. The number of hydrogen-bond donors (Lipinski definition) is 1. The van der Waals surface area contributed by atoms with E-state index >= 15 is 0 Å². The predicted octanol–water partition coefficient (Wildman–Crippen LogP) is 2.73. The van der Waals surface area contributed by atoms with Gasteiger partial charge < -0.3 is 5.11 Å². The molecule has 0 spiro atoms. The first-order chi connectivity index (χ1) is 6.51. The summed E-state index contributed by atoms with van der Waals surface area (Å²) in [5.41, 5.74) is 2.50. The van der Waals surface area contributed by atoms with Crippen molar-refractivity contribution in [3.05, 3.63) is 34.9 Å². The lowest BCUT2D eigenvalue weighted by atomic mass is 9.82. The van der Waals surface area contributed by atoms with Crippen LogP contribution < -0.4 is 0 Å². The number of aliphatic hydroxyl groups is 1. The number of hydrogen-bond acceptors (Lipinski definition) is 1. The molecule has 0 unspecified atom stereocenters. The molecule has 1 N–H and O–H groups in total. The lowest BCUT2D eigenvalue weighted by molar-refractivity contribution is 0.218. The van der Waals surface area contributed by atoms with E-state index in [1.807, 2.05) is 32.9 Å². The molecule has 0 radical (unpaired) electrons. The molecule has 2 heteroatoms. The van der Waals surface area contributed by atoms with Crippen molar-refractivity contribution in [2.75, 3.05) is 6.61 Å². The van der Waals surface area contributed by atoms with Crippen LogP contribution in [0.2, 0.25) is 0 Å².